The third-order valence-electron chi connectivity index (χ3n) is 9.13. The highest BCUT2D eigenvalue weighted by Gasteiger charge is 2.14. The van der Waals surface area contributed by atoms with E-state index in [1.807, 2.05) is 34.0 Å². The molecule has 7 aromatic carbocycles. The topological polar surface area (TPSA) is 0 Å². The molecule has 3 heterocycles. The van der Waals surface area contributed by atoms with Crippen LogP contribution in [0.25, 0.3) is 94.6 Å². The van der Waals surface area contributed by atoms with E-state index in [9.17, 15) is 0 Å². The Morgan fingerprint density at radius 2 is 0.844 bits per heavy atom. The highest BCUT2D eigenvalue weighted by molar-refractivity contribution is 7.36. The van der Waals surface area contributed by atoms with Crippen molar-refractivity contribution in [3.63, 3.8) is 0 Å². The van der Waals surface area contributed by atoms with Crippen molar-refractivity contribution >= 4 is 95.2 Å². The van der Waals surface area contributed by atoms with Crippen molar-refractivity contribution in [2.75, 3.05) is 0 Å². The lowest BCUT2D eigenvalue weighted by Gasteiger charge is -2.08. The standard InChI is InChI=1S/C42H24S3/c1-2-6-30-22-39-35(20-29(30)5-1)41-42(44-39)36-21-32-18-17-31(19-33(32)23-40(36)45-41)27-11-9-25(10-12-27)26-13-15-28(16-14-26)37-24-43-38-8-4-3-7-34(37)38/h1-24H. The molecule has 0 saturated heterocycles. The fourth-order valence-corrected chi connectivity index (χ4v) is 10.4. The Balaban J connectivity index is 0.979. The van der Waals surface area contributed by atoms with E-state index in [0.29, 0.717) is 0 Å². The third kappa shape index (κ3) is 4.09. The molecule has 210 valence electrons. The average Bonchev–Trinajstić information content (AvgIpc) is 3.78. The van der Waals surface area contributed by atoms with Crippen LogP contribution >= 0.6 is 34.0 Å². The van der Waals surface area contributed by atoms with Crippen LogP contribution < -0.4 is 0 Å². The second kappa shape index (κ2) is 9.85. The van der Waals surface area contributed by atoms with E-state index in [0.717, 1.165) is 0 Å². The number of hydrogen-bond donors (Lipinski definition) is 0. The van der Waals surface area contributed by atoms with Gasteiger partial charge in [-0.25, -0.2) is 0 Å². The zero-order chi connectivity index (χ0) is 29.5. The molecule has 0 aliphatic carbocycles. The Bertz CT molecular complexity index is 2740. The molecule has 0 aliphatic rings. The number of thiophene rings is 3. The van der Waals surface area contributed by atoms with Gasteiger partial charge in [0, 0.05) is 35.8 Å². The van der Waals surface area contributed by atoms with Gasteiger partial charge in [-0.15, -0.1) is 34.0 Å². The summed E-state index contributed by atoms with van der Waals surface area (Å²) >= 11 is 5.68. The van der Waals surface area contributed by atoms with Crippen LogP contribution in [-0.4, -0.2) is 0 Å². The summed E-state index contributed by atoms with van der Waals surface area (Å²) < 4.78 is 6.91. The van der Waals surface area contributed by atoms with Crippen LogP contribution in [0, 0.1) is 0 Å². The van der Waals surface area contributed by atoms with Crippen LogP contribution in [0.4, 0.5) is 0 Å². The number of rotatable bonds is 3. The molecule has 10 rings (SSSR count). The highest BCUT2D eigenvalue weighted by atomic mass is 32.1. The number of benzene rings is 7. The first-order valence-corrected chi connectivity index (χ1v) is 17.7. The molecule has 0 unspecified atom stereocenters. The van der Waals surface area contributed by atoms with Gasteiger partial charge in [0.1, 0.15) is 0 Å². The van der Waals surface area contributed by atoms with Gasteiger partial charge >= 0.3 is 0 Å². The molecule has 0 aliphatic heterocycles. The van der Waals surface area contributed by atoms with Crippen molar-refractivity contribution in [3.05, 3.63) is 145 Å². The fraction of sp³-hybridized carbons (Fsp3) is 0. The predicted molar refractivity (Wildman–Crippen MR) is 201 cm³/mol. The van der Waals surface area contributed by atoms with Gasteiger partial charge in [0.2, 0.25) is 0 Å². The zero-order valence-corrected chi connectivity index (χ0v) is 26.5. The first kappa shape index (κ1) is 25.5. The van der Waals surface area contributed by atoms with Crippen LogP contribution in [0.15, 0.2) is 145 Å². The lowest BCUT2D eigenvalue weighted by molar-refractivity contribution is 1.60. The molecule has 0 spiro atoms. The Morgan fingerprint density at radius 1 is 0.333 bits per heavy atom. The summed E-state index contributed by atoms with van der Waals surface area (Å²) in [6.07, 6.45) is 0. The van der Waals surface area contributed by atoms with Gasteiger partial charge < -0.3 is 0 Å². The minimum absolute atomic E-state index is 1.24. The Labute approximate surface area is 272 Å². The molecular weight excluding hydrogens is 601 g/mol. The molecule has 10 aromatic rings. The summed E-state index contributed by atoms with van der Waals surface area (Å²) in [7, 11) is 0. The molecule has 0 saturated carbocycles. The lowest BCUT2D eigenvalue weighted by Crippen LogP contribution is -1.82. The molecule has 0 atom stereocenters. The van der Waals surface area contributed by atoms with E-state index in [4.69, 9.17) is 0 Å². The molecule has 45 heavy (non-hydrogen) atoms. The van der Waals surface area contributed by atoms with E-state index in [1.54, 1.807) is 0 Å². The van der Waals surface area contributed by atoms with Crippen LogP contribution in [0.2, 0.25) is 0 Å². The second-order valence-corrected chi connectivity index (χ2v) is 14.8. The average molecular weight is 625 g/mol. The minimum Gasteiger partial charge on any atom is -0.143 e. The van der Waals surface area contributed by atoms with E-state index < -0.39 is 0 Å². The van der Waals surface area contributed by atoms with Crippen molar-refractivity contribution in [3.8, 4) is 33.4 Å². The Hall–Kier alpha value is -4.80. The largest absolute Gasteiger partial charge is 0.143 e. The van der Waals surface area contributed by atoms with Gasteiger partial charge in [-0.3, -0.25) is 0 Å². The Kier molecular flexibility index (Phi) is 5.59. The molecule has 3 aromatic heterocycles. The quantitative estimate of drug-likeness (QED) is 0.183. The SMILES string of the molecule is c1ccc2cc3c(cc2c1)sc1c2cc4ccc(-c5ccc(-c6ccc(-c7csc8ccccc78)cc6)cc5)cc4cc2sc31. The normalized spacial score (nSPS) is 12.0. The van der Waals surface area contributed by atoms with E-state index >= 15 is 0 Å². The monoisotopic (exact) mass is 624 g/mol. The first-order chi connectivity index (χ1) is 22.2. The second-order valence-electron chi connectivity index (χ2n) is 11.8. The van der Waals surface area contributed by atoms with Gasteiger partial charge in [-0.2, -0.15) is 0 Å². The number of fused-ring (bicyclic) bond motifs is 8. The predicted octanol–water partition coefficient (Wildman–Crippen LogP) is 13.8. The van der Waals surface area contributed by atoms with Crippen molar-refractivity contribution in [2.24, 2.45) is 0 Å². The minimum atomic E-state index is 1.24. The van der Waals surface area contributed by atoms with Crippen LogP contribution in [0.1, 0.15) is 0 Å². The van der Waals surface area contributed by atoms with E-state index in [-0.39, 0.29) is 0 Å². The maximum absolute atomic E-state index is 2.40. The van der Waals surface area contributed by atoms with Crippen molar-refractivity contribution in [1.82, 2.24) is 0 Å². The van der Waals surface area contributed by atoms with E-state index in [2.05, 4.69) is 145 Å². The molecule has 3 heteroatoms. The van der Waals surface area contributed by atoms with E-state index in [1.165, 1.54) is 94.6 Å². The molecule has 0 fully saturated rings. The maximum atomic E-state index is 2.40. The van der Waals surface area contributed by atoms with Gasteiger partial charge in [0.05, 0.1) is 9.40 Å². The van der Waals surface area contributed by atoms with Crippen LogP contribution in [0.3, 0.4) is 0 Å². The molecular formula is C42H24S3. The van der Waals surface area contributed by atoms with Crippen LogP contribution in [-0.2, 0) is 0 Å². The third-order valence-corrected chi connectivity index (χ3v) is 12.6. The summed E-state index contributed by atoms with van der Waals surface area (Å²) in [4.78, 5) is 0. The zero-order valence-electron chi connectivity index (χ0n) is 24.1. The highest BCUT2D eigenvalue weighted by Crippen LogP contribution is 2.46. The first-order valence-electron chi connectivity index (χ1n) is 15.1. The summed E-state index contributed by atoms with van der Waals surface area (Å²) in [5, 5.41) is 11.6. The maximum Gasteiger partial charge on any atom is 0.0542 e. The lowest BCUT2D eigenvalue weighted by atomic mass is 9.97. The Morgan fingerprint density at radius 3 is 1.53 bits per heavy atom. The summed E-state index contributed by atoms with van der Waals surface area (Å²) in [6.45, 7) is 0. The van der Waals surface area contributed by atoms with Crippen molar-refractivity contribution in [2.45, 2.75) is 0 Å². The molecule has 0 radical (unpaired) electrons. The fourth-order valence-electron chi connectivity index (χ4n) is 6.77. The molecule has 0 amide bonds. The van der Waals surface area contributed by atoms with Crippen LogP contribution in [0.5, 0.6) is 0 Å². The summed E-state index contributed by atoms with van der Waals surface area (Å²) in [5.41, 5.74) is 7.56. The van der Waals surface area contributed by atoms with Gasteiger partial charge in [-0.05, 0) is 91.1 Å². The van der Waals surface area contributed by atoms with Crippen molar-refractivity contribution < 1.29 is 0 Å². The summed E-state index contributed by atoms with van der Waals surface area (Å²) in [5.74, 6) is 0. The van der Waals surface area contributed by atoms with Gasteiger partial charge in [0.25, 0.3) is 0 Å². The van der Waals surface area contributed by atoms with Gasteiger partial charge in [0.15, 0.2) is 0 Å². The van der Waals surface area contributed by atoms with Gasteiger partial charge in [-0.1, -0.05) is 103 Å². The smallest absolute Gasteiger partial charge is 0.0542 e. The molecule has 0 bridgehead atoms. The number of hydrogen-bond acceptors (Lipinski definition) is 3. The van der Waals surface area contributed by atoms with Crippen molar-refractivity contribution in [1.29, 1.82) is 0 Å². The summed E-state index contributed by atoms with van der Waals surface area (Å²) in [6, 6.07) is 51.8. The molecule has 0 N–H and O–H groups in total. The molecule has 0 nitrogen and oxygen atoms in total.